The minimum absolute atomic E-state index is 0.127. The lowest BCUT2D eigenvalue weighted by Crippen LogP contribution is -2.23. The van der Waals surface area contributed by atoms with Crippen LogP contribution in [0, 0.1) is 11.6 Å². The van der Waals surface area contributed by atoms with Crippen molar-refractivity contribution in [3.63, 3.8) is 0 Å². The lowest BCUT2D eigenvalue weighted by molar-refractivity contribution is -0.116. The number of hydrogen-bond donors (Lipinski definition) is 1. The Balaban J connectivity index is 1.84. The van der Waals surface area contributed by atoms with Gasteiger partial charge in [-0.25, -0.2) is 8.78 Å². The average molecular weight is 303 g/mol. The van der Waals surface area contributed by atoms with Crippen LogP contribution >= 0.6 is 0 Å². The Morgan fingerprint density at radius 1 is 1.05 bits per heavy atom. The van der Waals surface area contributed by atoms with Gasteiger partial charge in [-0.2, -0.15) is 0 Å². The van der Waals surface area contributed by atoms with Crippen LogP contribution in [0.3, 0.4) is 0 Å². The molecule has 0 aromatic heterocycles. The third-order valence-corrected chi connectivity index (χ3v) is 3.93. The smallest absolute Gasteiger partial charge is 0.231 e. The molecule has 0 fully saturated rings. The van der Waals surface area contributed by atoms with Crippen LogP contribution in [0.2, 0.25) is 0 Å². The number of amides is 1. The monoisotopic (exact) mass is 303 g/mol. The fourth-order valence-electron chi connectivity index (χ4n) is 2.88. The summed E-state index contributed by atoms with van der Waals surface area (Å²) in [6, 6.07) is 7.18. The van der Waals surface area contributed by atoms with E-state index in [1.54, 1.807) is 12.1 Å². The minimum Gasteiger partial charge on any atom is -0.454 e. The SMILES string of the molecule is O=C1C[C@H](c2ccc(F)c(F)c2)c2cc3c(cc2N1)OCO3. The van der Waals surface area contributed by atoms with Crippen molar-refractivity contribution in [2.45, 2.75) is 12.3 Å². The molecule has 2 aliphatic heterocycles. The highest BCUT2D eigenvalue weighted by atomic mass is 19.2. The molecule has 0 radical (unpaired) electrons. The van der Waals surface area contributed by atoms with E-state index in [9.17, 15) is 13.6 Å². The molecule has 2 heterocycles. The van der Waals surface area contributed by atoms with E-state index in [0.29, 0.717) is 22.7 Å². The number of anilines is 1. The third kappa shape index (κ3) is 1.99. The number of halogens is 2. The van der Waals surface area contributed by atoms with Crippen molar-refractivity contribution >= 4 is 11.6 Å². The van der Waals surface area contributed by atoms with E-state index in [4.69, 9.17) is 9.47 Å². The zero-order valence-electron chi connectivity index (χ0n) is 11.4. The Morgan fingerprint density at radius 2 is 1.82 bits per heavy atom. The predicted octanol–water partition coefficient (Wildman–Crippen LogP) is 3.17. The van der Waals surface area contributed by atoms with E-state index >= 15 is 0 Å². The van der Waals surface area contributed by atoms with Crippen LogP contribution in [-0.4, -0.2) is 12.7 Å². The first-order chi connectivity index (χ1) is 10.6. The van der Waals surface area contributed by atoms with Crippen molar-refractivity contribution in [2.24, 2.45) is 0 Å². The Labute approximate surface area is 124 Å². The van der Waals surface area contributed by atoms with Gasteiger partial charge in [-0.15, -0.1) is 0 Å². The zero-order chi connectivity index (χ0) is 15.3. The number of fused-ring (bicyclic) bond motifs is 2. The Hall–Kier alpha value is -2.63. The Bertz CT molecular complexity index is 791. The number of hydrogen-bond acceptors (Lipinski definition) is 3. The summed E-state index contributed by atoms with van der Waals surface area (Å²) in [4.78, 5) is 11.9. The standard InChI is InChI=1S/C16H11F2NO3/c17-11-2-1-8(3-12(11)18)9-5-16(20)19-13-6-15-14(4-10(9)13)21-7-22-15/h1-4,6,9H,5,7H2,(H,19,20)/t9-/m1/s1. The third-order valence-electron chi connectivity index (χ3n) is 3.93. The largest absolute Gasteiger partial charge is 0.454 e. The van der Waals surface area contributed by atoms with Gasteiger partial charge in [0, 0.05) is 24.1 Å². The molecule has 0 aliphatic carbocycles. The summed E-state index contributed by atoms with van der Waals surface area (Å²) in [7, 11) is 0. The number of carbonyl (C=O) groups is 1. The zero-order valence-corrected chi connectivity index (χ0v) is 11.4. The van der Waals surface area contributed by atoms with Gasteiger partial charge >= 0.3 is 0 Å². The van der Waals surface area contributed by atoms with E-state index in [2.05, 4.69) is 5.32 Å². The second-order valence-corrected chi connectivity index (χ2v) is 5.27. The normalized spacial score (nSPS) is 18.8. The second kappa shape index (κ2) is 4.69. The van der Waals surface area contributed by atoms with Gasteiger partial charge < -0.3 is 14.8 Å². The quantitative estimate of drug-likeness (QED) is 0.880. The molecule has 22 heavy (non-hydrogen) atoms. The summed E-state index contributed by atoms with van der Waals surface area (Å²) in [5, 5.41) is 2.77. The van der Waals surface area contributed by atoms with E-state index in [0.717, 1.165) is 17.7 Å². The van der Waals surface area contributed by atoms with Crippen LogP contribution < -0.4 is 14.8 Å². The van der Waals surface area contributed by atoms with Gasteiger partial charge in [0.2, 0.25) is 12.7 Å². The molecular weight excluding hydrogens is 292 g/mol. The summed E-state index contributed by atoms with van der Waals surface area (Å²) in [6.07, 6.45) is 0.164. The van der Waals surface area contributed by atoms with Crippen molar-refractivity contribution in [3.05, 3.63) is 53.1 Å². The van der Waals surface area contributed by atoms with Gasteiger partial charge in [-0.3, -0.25) is 4.79 Å². The van der Waals surface area contributed by atoms with Gasteiger partial charge in [-0.1, -0.05) is 6.07 Å². The van der Waals surface area contributed by atoms with Crippen LogP contribution in [0.5, 0.6) is 11.5 Å². The van der Waals surface area contributed by atoms with Crippen LogP contribution in [0.1, 0.15) is 23.5 Å². The fourth-order valence-corrected chi connectivity index (χ4v) is 2.88. The molecule has 0 saturated heterocycles. The van der Waals surface area contributed by atoms with Crippen molar-refractivity contribution in [1.82, 2.24) is 0 Å². The maximum Gasteiger partial charge on any atom is 0.231 e. The molecule has 4 nitrogen and oxygen atoms in total. The van der Waals surface area contributed by atoms with Gasteiger partial charge in [0.1, 0.15) is 0 Å². The molecule has 1 N–H and O–H groups in total. The van der Waals surface area contributed by atoms with E-state index in [1.165, 1.54) is 6.07 Å². The molecule has 1 amide bonds. The number of ether oxygens (including phenoxy) is 2. The van der Waals surface area contributed by atoms with Gasteiger partial charge in [0.05, 0.1) is 0 Å². The summed E-state index contributed by atoms with van der Waals surface area (Å²) < 4.78 is 37.3. The maximum atomic E-state index is 13.5. The van der Waals surface area contributed by atoms with Crippen LogP contribution in [0.15, 0.2) is 30.3 Å². The molecule has 2 aromatic carbocycles. The highest BCUT2D eigenvalue weighted by molar-refractivity contribution is 5.96. The molecule has 0 bridgehead atoms. The molecule has 2 aliphatic rings. The molecular formula is C16H11F2NO3. The lowest BCUT2D eigenvalue weighted by Gasteiger charge is -2.26. The average Bonchev–Trinajstić information content (AvgIpc) is 2.94. The first-order valence-corrected chi connectivity index (χ1v) is 6.80. The van der Waals surface area contributed by atoms with Crippen molar-refractivity contribution in [2.75, 3.05) is 12.1 Å². The molecule has 6 heteroatoms. The molecule has 1 atom stereocenters. The number of rotatable bonds is 1. The topological polar surface area (TPSA) is 47.6 Å². The fraction of sp³-hybridized carbons (Fsp3) is 0.188. The van der Waals surface area contributed by atoms with Crippen LogP contribution in [-0.2, 0) is 4.79 Å². The van der Waals surface area contributed by atoms with E-state index in [-0.39, 0.29) is 25.0 Å². The van der Waals surface area contributed by atoms with Crippen LogP contribution in [0.4, 0.5) is 14.5 Å². The van der Waals surface area contributed by atoms with Gasteiger partial charge in [0.15, 0.2) is 23.1 Å². The second-order valence-electron chi connectivity index (χ2n) is 5.27. The maximum absolute atomic E-state index is 13.5. The van der Waals surface area contributed by atoms with Crippen molar-refractivity contribution in [1.29, 1.82) is 0 Å². The molecule has 4 rings (SSSR count). The number of benzene rings is 2. The molecule has 0 unspecified atom stereocenters. The molecule has 2 aromatic rings. The van der Waals surface area contributed by atoms with Crippen LogP contribution in [0.25, 0.3) is 0 Å². The van der Waals surface area contributed by atoms with E-state index < -0.39 is 11.6 Å². The molecule has 112 valence electrons. The highest BCUT2D eigenvalue weighted by Crippen LogP contribution is 2.44. The Kier molecular flexibility index (Phi) is 2.79. The van der Waals surface area contributed by atoms with Gasteiger partial charge in [0.25, 0.3) is 0 Å². The summed E-state index contributed by atoms with van der Waals surface area (Å²) in [5.74, 6) is -1.22. The Morgan fingerprint density at radius 3 is 2.59 bits per heavy atom. The predicted molar refractivity (Wildman–Crippen MR) is 74.0 cm³/mol. The summed E-state index contributed by atoms with van der Waals surface area (Å²) in [5.41, 5.74) is 1.96. The summed E-state index contributed by atoms with van der Waals surface area (Å²) in [6.45, 7) is 0.127. The van der Waals surface area contributed by atoms with Gasteiger partial charge in [-0.05, 0) is 29.3 Å². The number of carbonyl (C=O) groups excluding carboxylic acids is 1. The van der Waals surface area contributed by atoms with Crippen molar-refractivity contribution in [3.8, 4) is 11.5 Å². The minimum atomic E-state index is -0.925. The molecule has 0 spiro atoms. The highest BCUT2D eigenvalue weighted by Gasteiger charge is 2.30. The van der Waals surface area contributed by atoms with Crippen molar-refractivity contribution < 1.29 is 23.0 Å². The first-order valence-electron chi connectivity index (χ1n) is 6.80. The lowest BCUT2D eigenvalue weighted by atomic mass is 9.84. The first kappa shape index (κ1) is 13.1. The number of nitrogens with one attached hydrogen (secondary N) is 1. The molecule has 0 saturated carbocycles. The summed E-state index contributed by atoms with van der Waals surface area (Å²) >= 11 is 0. The van der Waals surface area contributed by atoms with E-state index in [1.807, 2.05) is 0 Å².